The van der Waals surface area contributed by atoms with Crippen LogP contribution in [0.3, 0.4) is 0 Å². The molecule has 4 rings (SSSR count). The number of aliphatic hydroxyl groups excluding tert-OH is 1. The molecule has 2 aliphatic rings. The number of fused-ring (bicyclic) bond motifs is 1. The molecule has 0 atom stereocenters. The van der Waals surface area contributed by atoms with Crippen molar-refractivity contribution in [2.45, 2.75) is 58.0 Å². The van der Waals surface area contributed by atoms with Crippen molar-refractivity contribution in [2.75, 3.05) is 4.90 Å². The fourth-order valence-corrected chi connectivity index (χ4v) is 4.33. The van der Waals surface area contributed by atoms with Crippen LogP contribution in [-0.4, -0.2) is 23.0 Å². The lowest BCUT2D eigenvalue weighted by atomic mass is 9.95. The third-order valence-corrected chi connectivity index (χ3v) is 6.16. The van der Waals surface area contributed by atoms with Gasteiger partial charge in [-0.05, 0) is 49.1 Å². The van der Waals surface area contributed by atoms with Crippen molar-refractivity contribution in [3.05, 3.63) is 70.5 Å². The number of nitrogens with zero attached hydrogens (tertiary/aromatic N) is 1. The maximum absolute atomic E-state index is 14.1. The molecule has 1 heterocycles. The Balaban J connectivity index is 1.64. The minimum Gasteiger partial charge on any atom is -0.507 e. The number of aliphatic hydroxyl groups is 1. The van der Waals surface area contributed by atoms with Gasteiger partial charge in [-0.3, -0.25) is 9.59 Å². The van der Waals surface area contributed by atoms with Gasteiger partial charge in [-0.15, -0.1) is 0 Å². The number of halogens is 1. The van der Waals surface area contributed by atoms with Crippen LogP contribution in [0.4, 0.5) is 10.1 Å². The van der Waals surface area contributed by atoms with E-state index in [-0.39, 0.29) is 42.1 Å². The number of para-hydroxylation sites is 1. The summed E-state index contributed by atoms with van der Waals surface area (Å²) in [6.07, 6.45) is 4.91. The quantitative estimate of drug-likeness (QED) is 0.744. The monoisotopic (exact) mass is 422 g/mol. The van der Waals surface area contributed by atoms with Gasteiger partial charge in [-0.1, -0.05) is 43.5 Å². The topological polar surface area (TPSA) is 69.6 Å². The Morgan fingerprint density at radius 3 is 2.65 bits per heavy atom. The van der Waals surface area contributed by atoms with Gasteiger partial charge in [-0.2, -0.15) is 0 Å². The van der Waals surface area contributed by atoms with Crippen molar-refractivity contribution >= 4 is 23.3 Å². The number of benzene rings is 2. The second kappa shape index (κ2) is 8.92. The molecule has 0 radical (unpaired) electrons. The van der Waals surface area contributed by atoms with Gasteiger partial charge >= 0.3 is 0 Å². The van der Waals surface area contributed by atoms with E-state index in [2.05, 4.69) is 5.32 Å². The molecule has 31 heavy (non-hydrogen) atoms. The van der Waals surface area contributed by atoms with Gasteiger partial charge in [0, 0.05) is 11.6 Å². The maximum atomic E-state index is 14.1. The van der Waals surface area contributed by atoms with E-state index in [9.17, 15) is 19.1 Å². The molecule has 0 bridgehead atoms. The van der Waals surface area contributed by atoms with Gasteiger partial charge < -0.3 is 15.3 Å². The van der Waals surface area contributed by atoms with Crippen LogP contribution in [0.1, 0.15) is 55.2 Å². The first-order valence-electron chi connectivity index (χ1n) is 10.8. The normalized spacial score (nSPS) is 17.4. The summed E-state index contributed by atoms with van der Waals surface area (Å²) in [4.78, 5) is 27.7. The predicted molar refractivity (Wildman–Crippen MR) is 118 cm³/mol. The van der Waals surface area contributed by atoms with Crippen LogP contribution in [0.15, 0.2) is 48.0 Å². The van der Waals surface area contributed by atoms with Crippen LogP contribution in [0.2, 0.25) is 0 Å². The number of hydrogen-bond donors (Lipinski definition) is 2. The van der Waals surface area contributed by atoms with E-state index in [4.69, 9.17) is 0 Å². The van der Waals surface area contributed by atoms with Gasteiger partial charge in [0.05, 0.1) is 24.2 Å². The summed E-state index contributed by atoms with van der Waals surface area (Å²) >= 11 is 0. The Labute approximate surface area is 181 Å². The molecule has 0 spiro atoms. The van der Waals surface area contributed by atoms with Crippen LogP contribution in [0, 0.1) is 12.7 Å². The summed E-state index contributed by atoms with van der Waals surface area (Å²) in [6, 6.07) is 11.9. The summed E-state index contributed by atoms with van der Waals surface area (Å²) in [5, 5.41) is 14.0. The number of anilines is 1. The maximum Gasteiger partial charge on any atom is 0.251 e. The predicted octanol–water partition coefficient (Wildman–Crippen LogP) is 4.79. The minimum atomic E-state index is -0.393. The highest BCUT2D eigenvalue weighted by molar-refractivity contribution is 6.10. The van der Waals surface area contributed by atoms with Crippen LogP contribution >= 0.6 is 0 Å². The third-order valence-electron chi connectivity index (χ3n) is 6.16. The Morgan fingerprint density at radius 2 is 1.90 bits per heavy atom. The Morgan fingerprint density at radius 1 is 1.16 bits per heavy atom. The number of rotatable bonds is 4. The Kier molecular flexibility index (Phi) is 6.07. The molecule has 5 nitrogen and oxygen atoms in total. The zero-order chi connectivity index (χ0) is 22.0. The summed E-state index contributed by atoms with van der Waals surface area (Å²) in [7, 11) is 0. The number of hydrogen-bond acceptors (Lipinski definition) is 3. The van der Waals surface area contributed by atoms with Gasteiger partial charge in [0.1, 0.15) is 11.6 Å². The molecule has 1 fully saturated rings. The summed E-state index contributed by atoms with van der Waals surface area (Å²) in [6.45, 7) is 1.84. The molecule has 162 valence electrons. The third kappa shape index (κ3) is 4.48. The zero-order valence-electron chi connectivity index (χ0n) is 17.7. The average Bonchev–Trinajstić information content (AvgIpc) is 2.87. The lowest BCUT2D eigenvalue weighted by molar-refractivity contribution is -0.122. The average molecular weight is 423 g/mol. The molecule has 2 amide bonds. The number of carbonyl (C=O) groups excluding carboxylic acids is 2. The molecule has 1 aliphatic heterocycles. The van der Waals surface area contributed by atoms with Crippen LogP contribution in [-0.2, 0) is 16.1 Å². The highest BCUT2D eigenvalue weighted by Gasteiger charge is 2.31. The van der Waals surface area contributed by atoms with Crippen molar-refractivity contribution in [1.29, 1.82) is 0 Å². The van der Waals surface area contributed by atoms with E-state index < -0.39 is 5.91 Å². The molecule has 0 aromatic heterocycles. The number of aryl methyl sites for hydroxylation is 1. The smallest absolute Gasteiger partial charge is 0.251 e. The van der Waals surface area contributed by atoms with Crippen molar-refractivity contribution in [3.8, 4) is 0 Å². The largest absolute Gasteiger partial charge is 0.507 e. The minimum absolute atomic E-state index is 0.0711. The standard InChI is InChI=1S/C25H27FN2O3/c1-16-11-12-17(13-21(16)26)15-28-22-10-6-5-9-19(22)24(30)20(14-23(28)29)25(31)27-18-7-3-2-4-8-18/h5-6,9-13,18,30H,2-4,7-8,14-15H2,1H3,(H,27,31). The van der Waals surface area contributed by atoms with Crippen molar-refractivity contribution in [2.24, 2.45) is 0 Å². The van der Waals surface area contributed by atoms with Crippen LogP contribution < -0.4 is 10.2 Å². The second-order valence-electron chi connectivity index (χ2n) is 8.39. The van der Waals surface area contributed by atoms with Gasteiger partial charge in [0.2, 0.25) is 5.91 Å². The Hall–Kier alpha value is -3.15. The van der Waals surface area contributed by atoms with E-state index in [0.717, 1.165) is 25.7 Å². The van der Waals surface area contributed by atoms with Crippen molar-refractivity contribution in [3.63, 3.8) is 0 Å². The van der Waals surface area contributed by atoms with Crippen LogP contribution in [0.25, 0.3) is 5.76 Å². The first kappa shape index (κ1) is 21.1. The highest BCUT2D eigenvalue weighted by Crippen LogP contribution is 2.34. The number of amides is 2. The number of nitrogens with one attached hydrogen (secondary N) is 1. The zero-order valence-corrected chi connectivity index (χ0v) is 17.7. The molecule has 1 saturated carbocycles. The summed E-state index contributed by atoms with van der Waals surface area (Å²) in [5.41, 5.74) is 2.19. The van der Waals surface area contributed by atoms with E-state index in [1.807, 2.05) is 0 Å². The SMILES string of the molecule is Cc1ccc(CN2C(=O)CC(C(=O)NC3CCCCC3)=C(O)c3ccccc32)cc1F. The molecular weight excluding hydrogens is 395 g/mol. The van der Waals surface area contributed by atoms with Crippen molar-refractivity contribution in [1.82, 2.24) is 5.32 Å². The van der Waals surface area contributed by atoms with Gasteiger partial charge in [-0.25, -0.2) is 4.39 Å². The number of carbonyl (C=O) groups is 2. The van der Waals surface area contributed by atoms with Crippen LogP contribution in [0.5, 0.6) is 0 Å². The fraction of sp³-hybridized carbons (Fsp3) is 0.360. The van der Waals surface area contributed by atoms with E-state index in [1.54, 1.807) is 43.3 Å². The molecule has 0 unspecified atom stereocenters. The van der Waals surface area contributed by atoms with Crippen molar-refractivity contribution < 1.29 is 19.1 Å². The van der Waals surface area contributed by atoms with Gasteiger partial charge in [0.25, 0.3) is 5.91 Å². The first-order chi connectivity index (χ1) is 14.9. The molecule has 2 aromatic rings. The molecule has 1 aliphatic carbocycles. The lowest BCUT2D eigenvalue weighted by Gasteiger charge is -2.24. The lowest BCUT2D eigenvalue weighted by Crippen LogP contribution is -2.38. The summed E-state index contributed by atoms with van der Waals surface area (Å²) < 4.78 is 14.1. The molecule has 2 N–H and O–H groups in total. The van der Waals surface area contributed by atoms with Gasteiger partial charge in [0.15, 0.2) is 0 Å². The molecule has 2 aromatic carbocycles. The van der Waals surface area contributed by atoms with E-state index >= 15 is 0 Å². The summed E-state index contributed by atoms with van der Waals surface area (Å²) in [5.74, 6) is -1.21. The second-order valence-corrected chi connectivity index (χ2v) is 8.39. The van der Waals surface area contributed by atoms with E-state index in [0.29, 0.717) is 22.4 Å². The first-order valence-corrected chi connectivity index (χ1v) is 10.8. The molecule has 6 heteroatoms. The van der Waals surface area contributed by atoms with E-state index in [1.165, 1.54) is 17.4 Å². The molecular formula is C25H27FN2O3. The fourth-order valence-electron chi connectivity index (χ4n) is 4.33. The molecule has 0 saturated heterocycles. The Bertz CT molecular complexity index is 1040. The highest BCUT2D eigenvalue weighted by atomic mass is 19.1.